The zero-order chi connectivity index (χ0) is 13.2. The highest BCUT2D eigenvalue weighted by atomic mass is 19.4. The third-order valence-corrected chi connectivity index (χ3v) is 3.09. The van der Waals surface area contributed by atoms with E-state index >= 15 is 0 Å². The molecule has 0 amide bonds. The summed E-state index contributed by atoms with van der Waals surface area (Å²) in [4.78, 5) is 0. The predicted molar refractivity (Wildman–Crippen MR) is 62.1 cm³/mol. The van der Waals surface area contributed by atoms with Crippen LogP contribution in [0.15, 0.2) is 24.3 Å². The fraction of sp³-hybridized carbons (Fsp3) is 0.538. The molecule has 0 radical (unpaired) electrons. The van der Waals surface area contributed by atoms with E-state index in [1.165, 1.54) is 12.1 Å². The quantitative estimate of drug-likeness (QED) is 0.897. The van der Waals surface area contributed by atoms with Crippen molar-refractivity contribution < 1.29 is 17.9 Å². The lowest BCUT2D eigenvalue weighted by Gasteiger charge is -2.38. The smallest absolute Gasteiger partial charge is 0.380 e. The Labute approximate surface area is 104 Å². The van der Waals surface area contributed by atoms with E-state index < -0.39 is 11.7 Å². The Morgan fingerprint density at radius 3 is 2.50 bits per heavy atom. The molecule has 2 rings (SSSR count). The molecule has 1 aromatic rings. The van der Waals surface area contributed by atoms with E-state index in [0.717, 1.165) is 6.07 Å². The minimum Gasteiger partial charge on any atom is -0.380 e. The lowest BCUT2D eigenvalue weighted by atomic mass is 9.88. The highest BCUT2D eigenvalue weighted by molar-refractivity contribution is 5.29. The molecule has 5 heteroatoms. The van der Waals surface area contributed by atoms with E-state index in [-0.39, 0.29) is 17.5 Å². The molecular weight excluding hydrogens is 243 g/mol. The zero-order valence-corrected chi connectivity index (χ0v) is 10.2. The van der Waals surface area contributed by atoms with Crippen LogP contribution in [0.1, 0.15) is 18.1 Å². The van der Waals surface area contributed by atoms with Gasteiger partial charge in [-0.2, -0.15) is 13.2 Å². The summed E-state index contributed by atoms with van der Waals surface area (Å²) in [5.41, 5.74) is -0.214. The molecule has 1 fully saturated rings. The van der Waals surface area contributed by atoms with Gasteiger partial charge in [0.25, 0.3) is 0 Å². The molecule has 0 saturated carbocycles. The molecule has 1 aliphatic rings. The summed E-state index contributed by atoms with van der Waals surface area (Å²) in [5, 5.41) is 3.08. The number of halogens is 3. The van der Waals surface area contributed by atoms with E-state index in [1.54, 1.807) is 6.07 Å². The number of benzene rings is 1. The third-order valence-electron chi connectivity index (χ3n) is 3.09. The minimum atomic E-state index is -4.29. The molecule has 0 unspecified atom stereocenters. The van der Waals surface area contributed by atoms with Crippen LogP contribution in [0.2, 0.25) is 0 Å². The van der Waals surface area contributed by atoms with Crippen LogP contribution in [0, 0.1) is 5.41 Å². The van der Waals surface area contributed by atoms with Crippen LogP contribution >= 0.6 is 0 Å². The fourth-order valence-electron chi connectivity index (χ4n) is 2.00. The lowest BCUT2D eigenvalue weighted by molar-refractivity contribution is -0.138. The van der Waals surface area contributed by atoms with Crippen molar-refractivity contribution in [3.63, 3.8) is 0 Å². The van der Waals surface area contributed by atoms with Gasteiger partial charge in [-0.3, -0.25) is 0 Å². The summed E-state index contributed by atoms with van der Waals surface area (Å²) < 4.78 is 43.3. The molecule has 0 aromatic heterocycles. The average Bonchev–Trinajstić information content (AvgIpc) is 2.26. The first-order valence-electron chi connectivity index (χ1n) is 5.84. The standard InChI is InChI=1S/C13H16F3NO/c1-12(8-18-9-12)7-17-6-10-4-2-3-5-11(10)13(14,15)16/h2-5,17H,6-9H2,1H3. The zero-order valence-electron chi connectivity index (χ0n) is 10.2. The van der Waals surface area contributed by atoms with Crippen molar-refractivity contribution in [2.45, 2.75) is 19.6 Å². The second-order valence-corrected chi connectivity index (χ2v) is 5.06. The fourth-order valence-corrected chi connectivity index (χ4v) is 2.00. The first kappa shape index (κ1) is 13.4. The van der Waals surface area contributed by atoms with Crippen molar-refractivity contribution in [3.8, 4) is 0 Å². The van der Waals surface area contributed by atoms with Gasteiger partial charge in [-0.1, -0.05) is 25.1 Å². The SMILES string of the molecule is CC1(CNCc2ccccc2C(F)(F)F)COC1. The average molecular weight is 259 g/mol. The molecular formula is C13H16F3NO. The maximum atomic E-state index is 12.7. The molecule has 2 nitrogen and oxygen atoms in total. The van der Waals surface area contributed by atoms with Crippen LogP contribution in [-0.2, 0) is 17.5 Å². The van der Waals surface area contributed by atoms with Crippen molar-refractivity contribution in [1.29, 1.82) is 0 Å². The van der Waals surface area contributed by atoms with Gasteiger partial charge in [-0.05, 0) is 11.6 Å². The molecule has 0 aliphatic carbocycles. The number of alkyl halides is 3. The van der Waals surface area contributed by atoms with Crippen LogP contribution in [0.3, 0.4) is 0 Å². The van der Waals surface area contributed by atoms with Crippen LogP contribution in [0.4, 0.5) is 13.2 Å². The summed E-state index contributed by atoms with van der Waals surface area (Å²) in [6.07, 6.45) is -4.29. The molecule has 1 aliphatic heterocycles. The maximum Gasteiger partial charge on any atom is 0.416 e. The summed E-state index contributed by atoms with van der Waals surface area (Å²) in [5.74, 6) is 0. The van der Waals surface area contributed by atoms with E-state index in [0.29, 0.717) is 19.8 Å². The number of hydrogen-bond donors (Lipinski definition) is 1. The Hall–Kier alpha value is -1.07. The maximum absolute atomic E-state index is 12.7. The number of hydrogen-bond acceptors (Lipinski definition) is 2. The van der Waals surface area contributed by atoms with Crippen LogP contribution in [0.25, 0.3) is 0 Å². The van der Waals surface area contributed by atoms with Crippen molar-refractivity contribution in [2.24, 2.45) is 5.41 Å². The van der Waals surface area contributed by atoms with Crippen molar-refractivity contribution >= 4 is 0 Å². The van der Waals surface area contributed by atoms with Crippen molar-refractivity contribution in [1.82, 2.24) is 5.32 Å². The Morgan fingerprint density at radius 1 is 1.28 bits per heavy atom. The van der Waals surface area contributed by atoms with Gasteiger partial charge in [-0.15, -0.1) is 0 Å². The van der Waals surface area contributed by atoms with Crippen LogP contribution < -0.4 is 5.32 Å². The summed E-state index contributed by atoms with van der Waals surface area (Å²) >= 11 is 0. The Balaban J connectivity index is 1.96. The molecule has 1 saturated heterocycles. The van der Waals surface area contributed by atoms with E-state index in [4.69, 9.17) is 4.74 Å². The largest absolute Gasteiger partial charge is 0.416 e. The number of ether oxygens (including phenoxy) is 1. The summed E-state index contributed by atoms with van der Waals surface area (Å²) in [7, 11) is 0. The molecule has 0 bridgehead atoms. The van der Waals surface area contributed by atoms with Gasteiger partial charge in [0.2, 0.25) is 0 Å². The monoisotopic (exact) mass is 259 g/mol. The summed E-state index contributed by atoms with van der Waals surface area (Å²) in [6.45, 7) is 4.28. The first-order chi connectivity index (χ1) is 8.41. The minimum absolute atomic E-state index is 0.0627. The highest BCUT2D eigenvalue weighted by Gasteiger charge is 2.34. The van der Waals surface area contributed by atoms with Crippen LogP contribution in [-0.4, -0.2) is 19.8 Å². The van der Waals surface area contributed by atoms with Crippen molar-refractivity contribution in [3.05, 3.63) is 35.4 Å². The highest BCUT2D eigenvalue weighted by Crippen LogP contribution is 2.32. The van der Waals surface area contributed by atoms with Gasteiger partial charge in [0, 0.05) is 18.5 Å². The van der Waals surface area contributed by atoms with Crippen LogP contribution in [0.5, 0.6) is 0 Å². The van der Waals surface area contributed by atoms with E-state index in [1.807, 2.05) is 0 Å². The van der Waals surface area contributed by atoms with Gasteiger partial charge in [0.1, 0.15) is 0 Å². The van der Waals surface area contributed by atoms with Crippen molar-refractivity contribution in [2.75, 3.05) is 19.8 Å². The molecule has 100 valence electrons. The van der Waals surface area contributed by atoms with E-state index in [9.17, 15) is 13.2 Å². The van der Waals surface area contributed by atoms with Gasteiger partial charge >= 0.3 is 6.18 Å². The molecule has 1 N–H and O–H groups in total. The number of rotatable bonds is 4. The Kier molecular flexibility index (Phi) is 3.64. The van der Waals surface area contributed by atoms with E-state index in [2.05, 4.69) is 12.2 Å². The molecule has 0 atom stereocenters. The lowest BCUT2D eigenvalue weighted by Crippen LogP contribution is -2.47. The molecule has 18 heavy (non-hydrogen) atoms. The van der Waals surface area contributed by atoms with Gasteiger partial charge in [0.05, 0.1) is 18.8 Å². The third kappa shape index (κ3) is 3.03. The number of nitrogens with one attached hydrogen (secondary N) is 1. The predicted octanol–water partition coefficient (Wildman–Crippen LogP) is 2.83. The van der Waals surface area contributed by atoms with Gasteiger partial charge < -0.3 is 10.1 Å². The second kappa shape index (κ2) is 4.90. The molecule has 1 heterocycles. The van der Waals surface area contributed by atoms with Gasteiger partial charge in [0.15, 0.2) is 0 Å². The topological polar surface area (TPSA) is 21.3 Å². The first-order valence-corrected chi connectivity index (χ1v) is 5.84. The van der Waals surface area contributed by atoms with Gasteiger partial charge in [-0.25, -0.2) is 0 Å². The molecule has 1 aromatic carbocycles. The summed E-state index contributed by atoms with van der Waals surface area (Å²) in [6, 6.07) is 5.66. The second-order valence-electron chi connectivity index (χ2n) is 5.06. The Bertz CT molecular complexity index is 413. The normalized spacial score (nSPS) is 18.4. The Morgan fingerprint density at radius 2 is 1.94 bits per heavy atom. The molecule has 0 spiro atoms.